The minimum Gasteiger partial charge on any atom is -0.378 e. The normalized spacial score (nSPS) is 28.5. The van der Waals surface area contributed by atoms with Gasteiger partial charge in [-0.05, 0) is 44.6 Å². The van der Waals surface area contributed by atoms with Gasteiger partial charge < -0.3 is 15.4 Å². The Morgan fingerprint density at radius 3 is 2.23 bits per heavy atom. The Labute approximate surface area is 137 Å². The number of piperazine rings is 1. The van der Waals surface area contributed by atoms with Crippen LogP contribution in [-0.2, 0) is 4.74 Å². The second-order valence-electron chi connectivity index (χ2n) is 8.39. The molecular weight excluding hydrogens is 274 g/mol. The van der Waals surface area contributed by atoms with Crippen LogP contribution in [0.25, 0.3) is 0 Å². The summed E-state index contributed by atoms with van der Waals surface area (Å²) in [5, 5.41) is 0. The molecule has 0 aromatic carbocycles. The van der Waals surface area contributed by atoms with Crippen LogP contribution < -0.4 is 5.73 Å². The first kappa shape index (κ1) is 18.2. The van der Waals surface area contributed by atoms with Gasteiger partial charge in [0.25, 0.3) is 0 Å². The van der Waals surface area contributed by atoms with Crippen LogP contribution in [0.4, 0.5) is 0 Å². The van der Waals surface area contributed by atoms with Gasteiger partial charge in [0.1, 0.15) is 0 Å². The zero-order chi connectivity index (χ0) is 16.2. The number of ether oxygens (including phenoxy) is 1. The van der Waals surface area contributed by atoms with E-state index in [0.29, 0.717) is 6.10 Å². The van der Waals surface area contributed by atoms with Crippen LogP contribution in [0.15, 0.2) is 0 Å². The van der Waals surface area contributed by atoms with E-state index in [1.165, 1.54) is 38.9 Å². The molecule has 0 saturated carbocycles. The van der Waals surface area contributed by atoms with E-state index in [1.807, 2.05) is 0 Å². The predicted octanol–water partition coefficient (Wildman–Crippen LogP) is 2.33. The minimum absolute atomic E-state index is 0.140. The van der Waals surface area contributed by atoms with Gasteiger partial charge in [-0.15, -0.1) is 0 Å². The van der Waals surface area contributed by atoms with Gasteiger partial charge in [0.15, 0.2) is 0 Å². The van der Waals surface area contributed by atoms with Gasteiger partial charge in [-0.25, -0.2) is 0 Å². The van der Waals surface area contributed by atoms with Crippen molar-refractivity contribution in [3.8, 4) is 0 Å². The lowest BCUT2D eigenvalue weighted by Crippen LogP contribution is -2.56. The van der Waals surface area contributed by atoms with E-state index in [9.17, 15) is 0 Å². The molecule has 0 bridgehead atoms. The van der Waals surface area contributed by atoms with Gasteiger partial charge in [-0.3, -0.25) is 4.90 Å². The molecule has 2 atom stereocenters. The first-order valence-corrected chi connectivity index (χ1v) is 9.18. The van der Waals surface area contributed by atoms with Crippen molar-refractivity contribution in [2.75, 3.05) is 45.9 Å². The molecule has 130 valence electrons. The zero-order valence-corrected chi connectivity index (χ0v) is 15.2. The molecule has 4 nitrogen and oxygen atoms in total. The van der Waals surface area contributed by atoms with Crippen molar-refractivity contribution in [3.05, 3.63) is 0 Å². The lowest BCUT2D eigenvalue weighted by atomic mass is 9.73. The molecule has 0 aliphatic carbocycles. The number of nitrogens with two attached hydrogens (primary N) is 1. The van der Waals surface area contributed by atoms with Crippen molar-refractivity contribution < 1.29 is 4.74 Å². The summed E-state index contributed by atoms with van der Waals surface area (Å²) in [6.07, 6.45) is 5.11. The van der Waals surface area contributed by atoms with E-state index in [-0.39, 0.29) is 11.0 Å². The van der Waals surface area contributed by atoms with Crippen LogP contribution in [0.2, 0.25) is 0 Å². The summed E-state index contributed by atoms with van der Waals surface area (Å²) < 4.78 is 6.03. The quantitative estimate of drug-likeness (QED) is 0.817. The van der Waals surface area contributed by atoms with Gasteiger partial charge in [0, 0.05) is 44.9 Å². The highest BCUT2D eigenvalue weighted by Gasteiger charge is 2.38. The van der Waals surface area contributed by atoms with Gasteiger partial charge >= 0.3 is 0 Å². The molecule has 0 aromatic heterocycles. The molecule has 2 unspecified atom stereocenters. The first-order valence-electron chi connectivity index (χ1n) is 9.18. The zero-order valence-electron chi connectivity index (χ0n) is 15.2. The smallest absolute Gasteiger partial charge is 0.0626 e. The minimum atomic E-state index is -0.140. The Hall–Kier alpha value is -0.160. The fraction of sp³-hybridized carbons (Fsp3) is 1.00. The largest absolute Gasteiger partial charge is 0.378 e. The average Bonchev–Trinajstić information content (AvgIpc) is 2.47. The summed E-state index contributed by atoms with van der Waals surface area (Å²) in [5.41, 5.74) is 6.72. The highest BCUT2D eigenvalue weighted by atomic mass is 16.5. The molecule has 0 radical (unpaired) electrons. The van der Waals surface area contributed by atoms with Crippen LogP contribution in [0.3, 0.4) is 0 Å². The third kappa shape index (κ3) is 5.19. The fourth-order valence-corrected chi connectivity index (χ4v) is 4.34. The fourth-order valence-electron chi connectivity index (χ4n) is 4.34. The summed E-state index contributed by atoms with van der Waals surface area (Å²) in [7, 11) is 0. The van der Waals surface area contributed by atoms with Crippen LogP contribution in [0.5, 0.6) is 0 Å². The summed E-state index contributed by atoms with van der Waals surface area (Å²) in [6, 6.07) is 0. The molecule has 2 aliphatic rings. The second kappa shape index (κ2) is 7.61. The van der Waals surface area contributed by atoms with Crippen molar-refractivity contribution in [2.45, 2.75) is 65.0 Å². The van der Waals surface area contributed by atoms with E-state index in [2.05, 4.69) is 37.5 Å². The molecule has 0 amide bonds. The lowest BCUT2D eigenvalue weighted by molar-refractivity contribution is -0.0660. The topological polar surface area (TPSA) is 41.7 Å². The molecule has 2 rings (SSSR count). The number of rotatable bonds is 6. The Kier molecular flexibility index (Phi) is 6.29. The van der Waals surface area contributed by atoms with Crippen LogP contribution in [-0.4, -0.2) is 67.3 Å². The van der Waals surface area contributed by atoms with Gasteiger partial charge in [-0.2, -0.15) is 0 Å². The van der Waals surface area contributed by atoms with E-state index < -0.39 is 0 Å². The molecule has 2 saturated heterocycles. The molecule has 2 aliphatic heterocycles. The van der Waals surface area contributed by atoms with Crippen molar-refractivity contribution >= 4 is 0 Å². The standard InChI is InChI=1S/C18H37N3O/c1-5-20-9-11-21(12-10-20)15-18(4,19)14-17(2,3)16-8-6-7-13-22-16/h16H,5-15,19H2,1-4H3. The van der Waals surface area contributed by atoms with Crippen molar-refractivity contribution in [3.63, 3.8) is 0 Å². The summed E-state index contributed by atoms with van der Waals surface area (Å²) in [5.74, 6) is 0. The number of likely N-dealkylation sites (N-methyl/N-ethyl adjacent to an activating group) is 1. The highest BCUT2D eigenvalue weighted by molar-refractivity contribution is 4.93. The SMILES string of the molecule is CCN1CCN(CC(C)(N)CC(C)(C)C2CCCCO2)CC1. The van der Waals surface area contributed by atoms with Crippen molar-refractivity contribution in [1.82, 2.24) is 9.80 Å². The summed E-state index contributed by atoms with van der Waals surface area (Å²) >= 11 is 0. The van der Waals surface area contributed by atoms with E-state index in [1.54, 1.807) is 0 Å². The van der Waals surface area contributed by atoms with Gasteiger partial charge in [0.05, 0.1) is 6.10 Å². The average molecular weight is 312 g/mol. The van der Waals surface area contributed by atoms with Gasteiger partial charge in [-0.1, -0.05) is 20.8 Å². The third-order valence-corrected chi connectivity index (χ3v) is 5.41. The van der Waals surface area contributed by atoms with E-state index in [0.717, 1.165) is 32.7 Å². The van der Waals surface area contributed by atoms with E-state index in [4.69, 9.17) is 10.5 Å². The predicted molar refractivity (Wildman–Crippen MR) is 93.1 cm³/mol. The Morgan fingerprint density at radius 2 is 1.68 bits per heavy atom. The highest BCUT2D eigenvalue weighted by Crippen LogP contribution is 2.36. The maximum Gasteiger partial charge on any atom is 0.0626 e. The maximum absolute atomic E-state index is 6.70. The van der Waals surface area contributed by atoms with Crippen LogP contribution >= 0.6 is 0 Å². The van der Waals surface area contributed by atoms with Crippen molar-refractivity contribution in [1.29, 1.82) is 0 Å². The maximum atomic E-state index is 6.70. The van der Waals surface area contributed by atoms with E-state index >= 15 is 0 Å². The second-order valence-corrected chi connectivity index (χ2v) is 8.39. The molecule has 0 aromatic rings. The molecule has 2 heterocycles. The molecule has 2 fully saturated rings. The number of hydrogen-bond acceptors (Lipinski definition) is 4. The molecular formula is C18H37N3O. The summed E-state index contributed by atoms with van der Waals surface area (Å²) in [6.45, 7) is 16.9. The number of hydrogen-bond donors (Lipinski definition) is 1. The van der Waals surface area contributed by atoms with Crippen molar-refractivity contribution in [2.24, 2.45) is 11.1 Å². The van der Waals surface area contributed by atoms with Gasteiger partial charge in [0.2, 0.25) is 0 Å². The molecule has 22 heavy (non-hydrogen) atoms. The molecule has 4 heteroatoms. The lowest BCUT2D eigenvalue weighted by Gasteiger charge is -2.44. The Morgan fingerprint density at radius 1 is 1.05 bits per heavy atom. The third-order valence-electron chi connectivity index (χ3n) is 5.41. The van der Waals surface area contributed by atoms with Crippen LogP contribution in [0.1, 0.15) is 53.4 Å². The molecule has 0 spiro atoms. The molecule has 2 N–H and O–H groups in total. The Balaban J connectivity index is 1.84. The summed E-state index contributed by atoms with van der Waals surface area (Å²) in [4.78, 5) is 5.06. The monoisotopic (exact) mass is 311 g/mol. The number of nitrogens with zero attached hydrogens (tertiary/aromatic N) is 2. The first-order chi connectivity index (χ1) is 10.3. The van der Waals surface area contributed by atoms with Crippen LogP contribution in [0, 0.1) is 5.41 Å². The Bertz CT molecular complexity index is 329.